The van der Waals surface area contributed by atoms with Crippen molar-refractivity contribution in [1.29, 1.82) is 0 Å². The average molecular weight is 467 g/mol. The molecule has 2 heterocycles. The lowest BCUT2D eigenvalue weighted by Crippen LogP contribution is -2.65. The number of benzene rings is 2. The summed E-state index contributed by atoms with van der Waals surface area (Å²) in [5.74, 6) is 1.68. The number of carbonyl (C=O) groups excluding carboxylic acids is 1. The lowest BCUT2D eigenvalue weighted by Gasteiger charge is -2.51. The molecule has 4 rings (SSSR count). The summed E-state index contributed by atoms with van der Waals surface area (Å²) >= 11 is 0. The number of likely N-dealkylation sites (tertiary alicyclic amines) is 1. The van der Waals surface area contributed by atoms with Gasteiger partial charge in [0.25, 0.3) is 0 Å². The van der Waals surface area contributed by atoms with E-state index in [4.69, 9.17) is 9.73 Å². The number of ether oxygens (including phenoxy) is 1. The highest BCUT2D eigenvalue weighted by atomic mass is 19.1. The summed E-state index contributed by atoms with van der Waals surface area (Å²) in [6.07, 6.45) is 2.22. The lowest BCUT2D eigenvalue weighted by molar-refractivity contribution is -0.125. The number of hydrogen-bond donors (Lipinski definition) is 1. The smallest absolute Gasteiger partial charge is 0.229 e. The molecule has 0 radical (unpaired) electrons. The highest BCUT2D eigenvalue weighted by Gasteiger charge is 2.46. The van der Waals surface area contributed by atoms with Crippen LogP contribution < -0.4 is 10.1 Å². The highest BCUT2D eigenvalue weighted by molar-refractivity contribution is 6.00. The Balaban J connectivity index is 1.56. The zero-order chi connectivity index (χ0) is 24.1. The Morgan fingerprint density at radius 3 is 2.35 bits per heavy atom. The SMILES string of the molecule is CC(C)COc1ccc(CN=C2NC(=O)CC3(CCN(C)CC3)N2Cc2ccc(F)cc2)cc1. The summed E-state index contributed by atoms with van der Waals surface area (Å²) in [6.45, 7) is 7.82. The zero-order valence-corrected chi connectivity index (χ0v) is 20.4. The molecule has 2 aliphatic rings. The van der Waals surface area contributed by atoms with Crippen molar-refractivity contribution in [1.82, 2.24) is 15.1 Å². The molecule has 0 unspecified atom stereocenters. The number of guanidine groups is 1. The van der Waals surface area contributed by atoms with Crippen molar-refractivity contribution >= 4 is 11.9 Å². The van der Waals surface area contributed by atoms with Gasteiger partial charge in [-0.1, -0.05) is 38.1 Å². The minimum atomic E-state index is -0.281. The van der Waals surface area contributed by atoms with Gasteiger partial charge in [0, 0.05) is 19.6 Å². The summed E-state index contributed by atoms with van der Waals surface area (Å²) in [7, 11) is 2.11. The fourth-order valence-electron chi connectivity index (χ4n) is 4.60. The Morgan fingerprint density at radius 2 is 1.71 bits per heavy atom. The minimum Gasteiger partial charge on any atom is -0.493 e. The normalized spacial score (nSPS) is 19.6. The highest BCUT2D eigenvalue weighted by Crippen LogP contribution is 2.36. The fraction of sp³-hybridized carbons (Fsp3) is 0.481. The van der Waals surface area contributed by atoms with E-state index in [0.29, 0.717) is 38.0 Å². The summed E-state index contributed by atoms with van der Waals surface area (Å²) < 4.78 is 19.3. The number of amides is 1. The van der Waals surface area contributed by atoms with Crippen molar-refractivity contribution in [3.63, 3.8) is 0 Å². The standard InChI is InChI=1S/C27H35FN4O2/c1-20(2)19-34-24-10-6-21(7-11-24)17-29-26-30-25(33)16-27(12-14-31(3)15-13-27)32(26)18-22-4-8-23(28)9-5-22/h4-11,20H,12-19H2,1-3H3,(H,29,30,33). The molecule has 1 spiro atoms. The van der Waals surface area contributed by atoms with Crippen LogP contribution in [-0.4, -0.2) is 53.9 Å². The molecule has 0 atom stereocenters. The summed E-state index contributed by atoms with van der Waals surface area (Å²) in [6, 6.07) is 14.5. The zero-order valence-electron chi connectivity index (χ0n) is 20.4. The van der Waals surface area contributed by atoms with E-state index in [-0.39, 0.29) is 17.3 Å². The molecule has 1 N–H and O–H groups in total. The fourth-order valence-corrected chi connectivity index (χ4v) is 4.60. The number of carbonyl (C=O) groups is 1. The van der Waals surface area contributed by atoms with Crippen LogP contribution >= 0.6 is 0 Å². The first kappa shape index (κ1) is 24.2. The van der Waals surface area contributed by atoms with E-state index in [1.54, 1.807) is 0 Å². The molecular formula is C27H35FN4O2. The van der Waals surface area contributed by atoms with Gasteiger partial charge in [0.2, 0.25) is 11.9 Å². The molecule has 0 aliphatic carbocycles. The number of nitrogens with zero attached hydrogens (tertiary/aromatic N) is 3. The maximum atomic E-state index is 13.5. The lowest BCUT2D eigenvalue weighted by atomic mass is 9.81. The molecule has 7 heteroatoms. The summed E-state index contributed by atoms with van der Waals surface area (Å²) in [5.41, 5.74) is 1.76. The number of halogens is 1. The van der Waals surface area contributed by atoms with E-state index in [9.17, 15) is 9.18 Å². The first-order chi connectivity index (χ1) is 16.3. The third kappa shape index (κ3) is 5.95. The van der Waals surface area contributed by atoms with Gasteiger partial charge < -0.3 is 14.5 Å². The first-order valence-corrected chi connectivity index (χ1v) is 12.1. The number of nitrogens with one attached hydrogen (secondary N) is 1. The van der Waals surface area contributed by atoms with Crippen LogP contribution in [0.25, 0.3) is 0 Å². The van der Waals surface area contributed by atoms with E-state index in [0.717, 1.165) is 42.8 Å². The molecule has 34 heavy (non-hydrogen) atoms. The van der Waals surface area contributed by atoms with E-state index < -0.39 is 0 Å². The maximum Gasteiger partial charge on any atom is 0.229 e. The van der Waals surface area contributed by atoms with Crippen LogP contribution in [0.5, 0.6) is 5.75 Å². The molecule has 6 nitrogen and oxygen atoms in total. The molecule has 1 amide bonds. The van der Waals surface area contributed by atoms with Crippen LogP contribution in [0.15, 0.2) is 53.5 Å². The second kappa shape index (κ2) is 10.6. The molecule has 182 valence electrons. The Kier molecular flexibility index (Phi) is 7.51. The van der Waals surface area contributed by atoms with E-state index in [1.807, 2.05) is 36.4 Å². The van der Waals surface area contributed by atoms with Gasteiger partial charge in [0.05, 0.1) is 25.1 Å². The summed E-state index contributed by atoms with van der Waals surface area (Å²) in [4.78, 5) is 22.2. The molecule has 2 aromatic rings. The molecule has 0 bridgehead atoms. The predicted octanol–water partition coefficient (Wildman–Crippen LogP) is 4.20. The van der Waals surface area contributed by atoms with Crippen molar-refractivity contribution in [2.45, 2.75) is 51.7 Å². The van der Waals surface area contributed by atoms with Gasteiger partial charge in [0.15, 0.2) is 0 Å². The van der Waals surface area contributed by atoms with Gasteiger partial charge in [-0.2, -0.15) is 0 Å². The van der Waals surface area contributed by atoms with Crippen LogP contribution in [0.3, 0.4) is 0 Å². The Bertz CT molecular complexity index is 996. The van der Waals surface area contributed by atoms with Crippen molar-refractivity contribution in [3.8, 4) is 5.75 Å². The van der Waals surface area contributed by atoms with E-state index in [1.165, 1.54) is 12.1 Å². The second-order valence-corrected chi connectivity index (χ2v) is 9.95. The predicted molar refractivity (Wildman–Crippen MR) is 132 cm³/mol. The van der Waals surface area contributed by atoms with E-state index >= 15 is 0 Å². The molecule has 0 aromatic heterocycles. The third-order valence-corrected chi connectivity index (χ3v) is 6.66. The van der Waals surface area contributed by atoms with Gasteiger partial charge in [-0.15, -0.1) is 0 Å². The topological polar surface area (TPSA) is 57.2 Å². The molecule has 2 fully saturated rings. The van der Waals surface area contributed by atoms with Crippen molar-refractivity contribution in [2.75, 3.05) is 26.7 Å². The van der Waals surface area contributed by atoms with Gasteiger partial charge in [0.1, 0.15) is 11.6 Å². The average Bonchev–Trinajstić information content (AvgIpc) is 2.82. The number of hydrogen-bond acceptors (Lipinski definition) is 4. The second-order valence-electron chi connectivity index (χ2n) is 9.95. The molecular weight excluding hydrogens is 431 g/mol. The summed E-state index contributed by atoms with van der Waals surface area (Å²) in [5, 5.41) is 3.02. The number of rotatable bonds is 7. The Hall–Kier alpha value is -2.93. The molecule has 2 aliphatic heterocycles. The molecule has 2 aromatic carbocycles. The maximum absolute atomic E-state index is 13.5. The van der Waals surface area contributed by atoms with Crippen LogP contribution in [0.4, 0.5) is 4.39 Å². The number of aliphatic imine (C=N–C) groups is 1. The molecule has 0 saturated carbocycles. The quantitative estimate of drug-likeness (QED) is 0.665. The van der Waals surface area contributed by atoms with E-state index in [2.05, 4.69) is 36.0 Å². The van der Waals surface area contributed by atoms with Crippen LogP contribution in [0.1, 0.15) is 44.2 Å². The van der Waals surface area contributed by atoms with Gasteiger partial charge >= 0.3 is 0 Å². The van der Waals surface area contributed by atoms with Crippen molar-refractivity contribution < 1.29 is 13.9 Å². The Labute approximate surface area is 201 Å². The van der Waals surface area contributed by atoms with Crippen LogP contribution in [0.2, 0.25) is 0 Å². The minimum absolute atomic E-state index is 0.0103. The van der Waals surface area contributed by atoms with Crippen LogP contribution in [-0.2, 0) is 17.9 Å². The van der Waals surface area contributed by atoms with Crippen molar-refractivity contribution in [3.05, 3.63) is 65.5 Å². The van der Waals surface area contributed by atoms with Crippen molar-refractivity contribution in [2.24, 2.45) is 10.9 Å². The number of piperidine rings is 1. The van der Waals surface area contributed by atoms with Gasteiger partial charge in [-0.3, -0.25) is 10.1 Å². The molecule has 2 saturated heterocycles. The van der Waals surface area contributed by atoms with Gasteiger partial charge in [-0.25, -0.2) is 9.38 Å². The third-order valence-electron chi connectivity index (χ3n) is 6.66. The first-order valence-electron chi connectivity index (χ1n) is 12.1. The van der Waals surface area contributed by atoms with Crippen LogP contribution in [0, 0.1) is 11.7 Å². The largest absolute Gasteiger partial charge is 0.493 e. The monoisotopic (exact) mass is 466 g/mol. The van der Waals surface area contributed by atoms with Gasteiger partial charge in [-0.05, 0) is 61.2 Å². The Morgan fingerprint density at radius 1 is 1.06 bits per heavy atom.